The number of phenols is 1. The SMILES string of the molecule is COc1c(Cc2cc(C(C)(C)C)cc(C(C)(C)C)c2O)cc(C(C)(C)C)cc1C(C)(C)C. The number of aromatic hydroxyl groups is 1. The first-order valence-electron chi connectivity index (χ1n) is 11.9. The van der Waals surface area contributed by atoms with Gasteiger partial charge in [-0.1, -0.05) is 107 Å². The molecule has 0 aliphatic carbocycles. The molecule has 0 aromatic heterocycles. The molecular weight excluding hydrogens is 392 g/mol. The average molecular weight is 439 g/mol. The first-order valence-corrected chi connectivity index (χ1v) is 11.9. The molecule has 0 spiro atoms. The lowest BCUT2D eigenvalue weighted by Crippen LogP contribution is -2.19. The molecule has 0 unspecified atom stereocenters. The van der Waals surface area contributed by atoms with Crippen LogP contribution in [-0.4, -0.2) is 12.2 Å². The summed E-state index contributed by atoms with van der Waals surface area (Å²) in [5.41, 5.74) is 6.67. The van der Waals surface area contributed by atoms with Crippen molar-refractivity contribution in [1.82, 2.24) is 0 Å². The number of methoxy groups -OCH3 is 1. The van der Waals surface area contributed by atoms with Crippen molar-refractivity contribution in [3.63, 3.8) is 0 Å². The fraction of sp³-hybridized carbons (Fsp3) is 0.600. The van der Waals surface area contributed by atoms with Gasteiger partial charge in [0.2, 0.25) is 0 Å². The molecule has 0 fully saturated rings. The molecule has 0 saturated heterocycles. The van der Waals surface area contributed by atoms with Crippen molar-refractivity contribution in [1.29, 1.82) is 0 Å². The van der Waals surface area contributed by atoms with E-state index in [0.29, 0.717) is 12.2 Å². The van der Waals surface area contributed by atoms with E-state index in [1.54, 1.807) is 7.11 Å². The highest BCUT2D eigenvalue weighted by Crippen LogP contribution is 2.42. The summed E-state index contributed by atoms with van der Waals surface area (Å²) in [6.07, 6.45) is 0.634. The molecular formula is C30H46O2. The molecule has 0 saturated carbocycles. The van der Waals surface area contributed by atoms with Crippen LogP contribution in [0.3, 0.4) is 0 Å². The summed E-state index contributed by atoms with van der Waals surface area (Å²) in [4.78, 5) is 0. The molecule has 0 aliphatic rings. The predicted molar refractivity (Wildman–Crippen MR) is 139 cm³/mol. The van der Waals surface area contributed by atoms with E-state index in [-0.39, 0.29) is 21.7 Å². The predicted octanol–water partition coefficient (Wildman–Crippen LogP) is 8.18. The van der Waals surface area contributed by atoms with E-state index in [4.69, 9.17) is 4.74 Å². The molecule has 2 rings (SSSR count). The summed E-state index contributed by atoms with van der Waals surface area (Å²) in [6.45, 7) is 26.6. The Morgan fingerprint density at radius 1 is 0.594 bits per heavy atom. The maximum atomic E-state index is 11.4. The molecule has 0 heterocycles. The van der Waals surface area contributed by atoms with E-state index in [9.17, 15) is 5.11 Å². The maximum Gasteiger partial charge on any atom is 0.126 e. The molecule has 1 N–H and O–H groups in total. The van der Waals surface area contributed by atoms with Gasteiger partial charge in [0.15, 0.2) is 0 Å². The molecule has 2 aromatic rings. The Bertz CT molecular complexity index is 968. The highest BCUT2D eigenvalue weighted by molar-refractivity contribution is 5.55. The number of rotatable bonds is 3. The smallest absolute Gasteiger partial charge is 0.126 e. The van der Waals surface area contributed by atoms with Gasteiger partial charge in [-0.25, -0.2) is 0 Å². The van der Waals surface area contributed by atoms with E-state index in [0.717, 1.165) is 22.4 Å². The van der Waals surface area contributed by atoms with Crippen LogP contribution in [0.4, 0.5) is 0 Å². The molecule has 0 amide bonds. The Morgan fingerprint density at radius 3 is 1.38 bits per heavy atom. The summed E-state index contributed by atoms with van der Waals surface area (Å²) in [6, 6.07) is 8.94. The molecule has 2 aromatic carbocycles. The summed E-state index contributed by atoms with van der Waals surface area (Å²) in [5.74, 6) is 1.34. The van der Waals surface area contributed by atoms with Gasteiger partial charge in [-0.15, -0.1) is 0 Å². The monoisotopic (exact) mass is 438 g/mol. The van der Waals surface area contributed by atoms with Crippen LogP contribution < -0.4 is 4.74 Å². The fourth-order valence-electron chi connectivity index (χ4n) is 4.09. The van der Waals surface area contributed by atoms with Gasteiger partial charge < -0.3 is 9.84 Å². The second-order valence-corrected chi connectivity index (χ2v) is 13.4. The van der Waals surface area contributed by atoms with E-state index < -0.39 is 0 Å². The molecule has 2 heteroatoms. The van der Waals surface area contributed by atoms with Gasteiger partial charge in [-0.05, 0) is 49.5 Å². The summed E-state index contributed by atoms with van der Waals surface area (Å²) < 4.78 is 6.00. The van der Waals surface area contributed by atoms with Gasteiger partial charge in [0.25, 0.3) is 0 Å². The Morgan fingerprint density at radius 2 is 1.00 bits per heavy atom. The minimum absolute atomic E-state index is 0.00361. The average Bonchev–Trinajstić information content (AvgIpc) is 2.59. The van der Waals surface area contributed by atoms with Gasteiger partial charge >= 0.3 is 0 Å². The number of hydrogen-bond acceptors (Lipinski definition) is 2. The van der Waals surface area contributed by atoms with Gasteiger partial charge in [0.1, 0.15) is 11.5 Å². The first-order chi connectivity index (χ1) is 14.3. The summed E-state index contributed by atoms with van der Waals surface area (Å²) >= 11 is 0. The van der Waals surface area contributed by atoms with Gasteiger partial charge in [-0.2, -0.15) is 0 Å². The van der Waals surface area contributed by atoms with Crippen molar-refractivity contribution in [3.8, 4) is 11.5 Å². The van der Waals surface area contributed by atoms with Crippen LogP contribution in [-0.2, 0) is 28.1 Å². The minimum Gasteiger partial charge on any atom is -0.507 e. The lowest BCUT2D eigenvalue weighted by molar-refractivity contribution is 0.391. The normalized spacial score (nSPS) is 13.4. The first kappa shape index (κ1) is 26.3. The third kappa shape index (κ3) is 5.69. The highest BCUT2D eigenvalue weighted by Gasteiger charge is 2.28. The fourth-order valence-corrected chi connectivity index (χ4v) is 4.09. The molecule has 0 radical (unpaired) electrons. The van der Waals surface area contributed by atoms with Crippen molar-refractivity contribution < 1.29 is 9.84 Å². The molecule has 0 bridgehead atoms. The van der Waals surface area contributed by atoms with E-state index in [2.05, 4.69) is 107 Å². The summed E-state index contributed by atoms with van der Waals surface area (Å²) in [7, 11) is 1.76. The minimum atomic E-state index is -0.145. The third-order valence-corrected chi connectivity index (χ3v) is 6.29. The largest absolute Gasteiger partial charge is 0.507 e. The van der Waals surface area contributed by atoms with Crippen LogP contribution in [0.15, 0.2) is 24.3 Å². The van der Waals surface area contributed by atoms with E-state index >= 15 is 0 Å². The van der Waals surface area contributed by atoms with Crippen molar-refractivity contribution in [2.45, 2.75) is 111 Å². The van der Waals surface area contributed by atoms with Crippen LogP contribution in [0, 0.1) is 0 Å². The Labute approximate surface area is 197 Å². The quantitative estimate of drug-likeness (QED) is 0.523. The lowest BCUT2D eigenvalue weighted by Gasteiger charge is -2.30. The van der Waals surface area contributed by atoms with Crippen LogP contribution in [0.1, 0.15) is 116 Å². The zero-order valence-corrected chi connectivity index (χ0v) is 22.9. The molecule has 32 heavy (non-hydrogen) atoms. The molecule has 178 valence electrons. The third-order valence-electron chi connectivity index (χ3n) is 6.29. The van der Waals surface area contributed by atoms with Crippen molar-refractivity contribution in [2.75, 3.05) is 7.11 Å². The zero-order valence-electron chi connectivity index (χ0n) is 22.9. The van der Waals surface area contributed by atoms with Crippen LogP contribution >= 0.6 is 0 Å². The van der Waals surface area contributed by atoms with Gasteiger partial charge in [-0.3, -0.25) is 0 Å². The second kappa shape index (κ2) is 8.43. The molecule has 2 nitrogen and oxygen atoms in total. The second-order valence-electron chi connectivity index (χ2n) is 13.4. The van der Waals surface area contributed by atoms with Crippen molar-refractivity contribution in [3.05, 3.63) is 57.6 Å². The Hall–Kier alpha value is -1.96. The maximum absolute atomic E-state index is 11.4. The number of ether oxygens (including phenoxy) is 1. The molecule has 0 aliphatic heterocycles. The number of benzene rings is 2. The number of phenolic OH excluding ortho intramolecular Hbond substituents is 1. The van der Waals surface area contributed by atoms with Gasteiger partial charge in [0, 0.05) is 12.0 Å². The Balaban J connectivity index is 2.84. The topological polar surface area (TPSA) is 29.5 Å². The van der Waals surface area contributed by atoms with E-state index in [1.807, 2.05) is 0 Å². The standard InChI is InChI=1S/C30H46O2/c1-27(2,3)21-15-19(25(31)23(17-21)29(7,8)9)14-20-16-22(28(4,5)6)18-24(26(20)32-13)30(10,11)12/h15-18,31H,14H2,1-13H3. The highest BCUT2D eigenvalue weighted by atomic mass is 16.5. The lowest BCUT2D eigenvalue weighted by atomic mass is 9.76. The Kier molecular flexibility index (Phi) is 6.93. The van der Waals surface area contributed by atoms with Crippen LogP contribution in [0.2, 0.25) is 0 Å². The summed E-state index contributed by atoms with van der Waals surface area (Å²) in [5, 5.41) is 11.4. The van der Waals surface area contributed by atoms with Gasteiger partial charge in [0.05, 0.1) is 7.11 Å². The van der Waals surface area contributed by atoms with Crippen LogP contribution in [0.25, 0.3) is 0 Å². The van der Waals surface area contributed by atoms with Crippen molar-refractivity contribution >= 4 is 0 Å². The molecule has 0 atom stereocenters. The zero-order chi connectivity index (χ0) is 24.9. The van der Waals surface area contributed by atoms with Crippen molar-refractivity contribution in [2.24, 2.45) is 0 Å². The van der Waals surface area contributed by atoms with E-state index in [1.165, 1.54) is 16.7 Å². The number of hydrogen-bond donors (Lipinski definition) is 1. The van der Waals surface area contributed by atoms with Crippen LogP contribution in [0.5, 0.6) is 11.5 Å².